The number of amides is 2. The first-order valence-corrected chi connectivity index (χ1v) is 14.0. The normalized spacial score (nSPS) is 14.8. The van der Waals surface area contributed by atoms with Gasteiger partial charge >= 0.3 is 0 Å². The number of nitrogens with one attached hydrogen (secondary N) is 1. The third kappa shape index (κ3) is 5.84. The molecule has 0 aromatic heterocycles. The van der Waals surface area contributed by atoms with E-state index in [2.05, 4.69) is 30.1 Å². The molecule has 7 heteroatoms. The number of hydrogen-bond donors (Lipinski definition) is 1. The van der Waals surface area contributed by atoms with Gasteiger partial charge in [0.1, 0.15) is 0 Å². The SMILES string of the molecule is CCN(CC)CCCNC(=O)c1ccc2c(c1)N(Cc1cc(C)ccc1C)C(=O)c1ccccc1[S@@]2=O. The first kappa shape index (κ1) is 26.8. The van der Waals surface area contributed by atoms with Gasteiger partial charge < -0.3 is 15.1 Å². The van der Waals surface area contributed by atoms with Crippen molar-refractivity contribution in [1.29, 1.82) is 0 Å². The number of nitrogens with zero attached hydrogens (tertiary/aromatic N) is 2. The molecule has 4 rings (SSSR count). The zero-order chi connectivity index (χ0) is 26.5. The molecule has 1 N–H and O–H groups in total. The van der Waals surface area contributed by atoms with Crippen molar-refractivity contribution in [3.05, 3.63) is 88.5 Å². The molecule has 0 saturated heterocycles. The quantitative estimate of drug-likeness (QED) is 0.402. The lowest BCUT2D eigenvalue weighted by Gasteiger charge is -2.24. The van der Waals surface area contributed by atoms with Crippen molar-refractivity contribution >= 4 is 28.3 Å². The van der Waals surface area contributed by atoms with Crippen LogP contribution in [0.15, 0.2) is 70.5 Å². The number of carbonyl (C=O) groups excluding carboxylic acids is 2. The van der Waals surface area contributed by atoms with Gasteiger partial charge in [-0.05, 0) is 81.4 Å². The average molecular weight is 518 g/mol. The Morgan fingerprint density at radius 2 is 1.73 bits per heavy atom. The summed E-state index contributed by atoms with van der Waals surface area (Å²) in [4.78, 5) is 31.9. The molecule has 3 aromatic carbocycles. The van der Waals surface area contributed by atoms with Crippen molar-refractivity contribution in [2.24, 2.45) is 0 Å². The minimum Gasteiger partial charge on any atom is -0.352 e. The van der Waals surface area contributed by atoms with E-state index in [1.54, 1.807) is 47.4 Å². The highest BCUT2D eigenvalue weighted by atomic mass is 32.2. The smallest absolute Gasteiger partial charge is 0.259 e. The van der Waals surface area contributed by atoms with Gasteiger partial charge in [-0.25, -0.2) is 4.21 Å². The Bertz CT molecular complexity index is 1330. The van der Waals surface area contributed by atoms with Crippen molar-refractivity contribution in [2.45, 2.75) is 50.5 Å². The molecule has 1 heterocycles. The van der Waals surface area contributed by atoms with E-state index in [9.17, 15) is 13.8 Å². The van der Waals surface area contributed by atoms with Gasteiger partial charge in [0.15, 0.2) is 0 Å². The molecule has 6 nitrogen and oxygen atoms in total. The molecule has 1 aliphatic heterocycles. The Hall–Kier alpha value is -3.29. The van der Waals surface area contributed by atoms with E-state index in [0.717, 1.165) is 42.7 Å². The zero-order valence-electron chi connectivity index (χ0n) is 22.0. The summed E-state index contributed by atoms with van der Waals surface area (Å²) < 4.78 is 13.6. The Labute approximate surface area is 222 Å². The number of benzene rings is 3. The number of anilines is 1. The highest BCUT2D eigenvalue weighted by Gasteiger charge is 2.31. The van der Waals surface area contributed by atoms with Crippen molar-refractivity contribution in [2.75, 3.05) is 31.1 Å². The summed E-state index contributed by atoms with van der Waals surface area (Å²) in [7, 11) is -1.55. The van der Waals surface area contributed by atoms with Crippen LogP contribution in [0.2, 0.25) is 0 Å². The van der Waals surface area contributed by atoms with E-state index in [1.807, 2.05) is 26.0 Å². The standard InChI is InChI=1S/C30H35N3O3S/c1-5-32(6-2)17-9-16-31-29(34)23-14-15-28-26(19-23)33(20-24-18-21(3)12-13-22(24)4)30(35)25-10-7-8-11-27(25)37(28)36/h7-8,10-15,18-19H,5-6,9,16-17,20H2,1-4H3,(H,31,34)/t37-/m0/s1. The molecule has 1 atom stereocenters. The molecule has 0 aliphatic carbocycles. The molecule has 0 radical (unpaired) electrons. The largest absolute Gasteiger partial charge is 0.352 e. The fraction of sp³-hybridized carbons (Fsp3) is 0.333. The van der Waals surface area contributed by atoms with Crippen LogP contribution in [0, 0.1) is 13.8 Å². The summed E-state index contributed by atoms with van der Waals surface area (Å²) in [6.07, 6.45) is 0.856. The molecule has 0 saturated carbocycles. The van der Waals surface area contributed by atoms with E-state index in [0.29, 0.717) is 39.7 Å². The second-order valence-electron chi connectivity index (χ2n) is 9.40. The second kappa shape index (κ2) is 11.8. The van der Waals surface area contributed by atoms with Crippen LogP contribution in [0.25, 0.3) is 0 Å². The van der Waals surface area contributed by atoms with Crippen LogP contribution < -0.4 is 10.2 Å². The van der Waals surface area contributed by atoms with Gasteiger partial charge in [0.05, 0.1) is 38.4 Å². The fourth-order valence-corrected chi connectivity index (χ4v) is 5.99. The Kier molecular flexibility index (Phi) is 8.56. The second-order valence-corrected chi connectivity index (χ2v) is 10.8. The average Bonchev–Trinajstić information content (AvgIpc) is 3.00. The van der Waals surface area contributed by atoms with Crippen LogP contribution in [-0.4, -0.2) is 47.1 Å². The highest BCUT2D eigenvalue weighted by Crippen LogP contribution is 2.36. The number of fused-ring (bicyclic) bond motifs is 2. The van der Waals surface area contributed by atoms with Crippen LogP contribution in [0.1, 0.15) is 57.7 Å². The van der Waals surface area contributed by atoms with Gasteiger partial charge in [0.25, 0.3) is 11.8 Å². The molecule has 2 amide bonds. The van der Waals surface area contributed by atoms with Gasteiger partial charge in [-0.3, -0.25) is 9.59 Å². The Morgan fingerprint density at radius 1 is 0.973 bits per heavy atom. The van der Waals surface area contributed by atoms with Gasteiger partial charge in [0.2, 0.25) is 0 Å². The maximum atomic E-state index is 13.8. The minimum absolute atomic E-state index is 0.200. The summed E-state index contributed by atoms with van der Waals surface area (Å²) in [5.41, 5.74) is 4.56. The van der Waals surface area contributed by atoms with Crippen LogP contribution in [0.5, 0.6) is 0 Å². The van der Waals surface area contributed by atoms with Gasteiger partial charge in [0, 0.05) is 12.1 Å². The van der Waals surface area contributed by atoms with Crippen LogP contribution in [-0.2, 0) is 17.3 Å². The summed E-state index contributed by atoms with van der Waals surface area (Å²) in [6.45, 7) is 12.1. The molecule has 0 unspecified atom stereocenters. The molecule has 0 fully saturated rings. The third-order valence-corrected chi connectivity index (χ3v) is 8.44. The van der Waals surface area contributed by atoms with Crippen LogP contribution >= 0.6 is 0 Å². The van der Waals surface area contributed by atoms with Gasteiger partial charge in [-0.15, -0.1) is 0 Å². The lowest BCUT2D eigenvalue weighted by atomic mass is 10.0. The number of aryl methyl sites for hydroxylation is 2. The summed E-state index contributed by atoms with van der Waals surface area (Å²) >= 11 is 0. The predicted octanol–water partition coefficient (Wildman–Crippen LogP) is 5.09. The van der Waals surface area contributed by atoms with Crippen LogP contribution in [0.3, 0.4) is 0 Å². The Balaban J connectivity index is 1.68. The third-order valence-electron chi connectivity index (χ3n) is 6.94. The molecular weight excluding hydrogens is 482 g/mol. The molecule has 0 spiro atoms. The van der Waals surface area contributed by atoms with Gasteiger partial charge in [-0.1, -0.05) is 49.7 Å². The highest BCUT2D eigenvalue weighted by molar-refractivity contribution is 7.85. The summed E-state index contributed by atoms with van der Waals surface area (Å²) in [5.74, 6) is -0.422. The number of carbonyl (C=O) groups is 2. The molecular formula is C30H35N3O3S. The lowest BCUT2D eigenvalue weighted by Crippen LogP contribution is -2.32. The minimum atomic E-state index is -1.55. The van der Waals surface area contributed by atoms with Crippen molar-refractivity contribution in [3.8, 4) is 0 Å². The van der Waals surface area contributed by atoms with Crippen molar-refractivity contribution < 1.29 is 13.8 Å². The lowest BCUT2D eigenvalue weighted by molar-refractivity contribution is 0.0948. The maximum absolute atomic E-state index is 13.8. The summed E-state index contributed by atoms with van der Waals surface area (Å²) in [5, 5.41) is 3.00. The zero-order valence-corrected chi connectivity index (χ0v) is 22.9. The maximum Gasteiger partial charge on any atom is 0.259 e. The first-order valence-electron chi connectivity index (χ1n) is 12.9. The molecule has 194 valence electrons. The van der Waals surface area contributed by atoms with E-state index < -0.39 is 10.8 Å². The predicted molar refractivity (Wildman–Crippen MR) is 149 cm³/mol. The molecule has 3 aromatic rings. The van der Waals surface area contributed by atoms with Crippen LogP contribution in [0.4, 0.5) is 5.69 Å². The van der Waals surface area contributed by atoms with E-state index >= 15 is 0 Å². The van der Waals surface area contributed by atoms with E-state index in [1.165, 1.54) is 0 Å². The Morgan fingerprint density at radius 3 is 2.49 bits per heavy atom. The van der Waals surface area contributed by atoms with Crippen molar-refractivity contribution in [1.82, 2.24) is 10.2 Å². The first-order chi connectivity index (χ1) is 17.8. The fourth-order valence-electron chi connectivity index (χ4n) is 4.65. The number of hydrogen-bond acceptors (Lipinski definition) is 4. The van der Waals surface area contributed by atoms with Gasteiger partial charge in [-0.2, -0.15) is 0 Å². The molecule has 37 heavy (non-hydrogen) atoms. The summed E-state index contributed by atoms with van der Waals surface area (Å²) in [6, 6.07) is 18.3. The monoisotopic (exact) mass is 517 g/mol. The number of rotatable bonds is 9. The van der Waals surface area contributed by atoms with E-state index in [4.69, 9.17) is 0 Å². The molecule has 1 aliphatic rings. The topological polar surface area (TPSA) is 69.7 Å². The van der Waals surface area contributed by atoms with Crippen molar-refractivity contribution in [3.63, 3.8) is 0 Å². The van der Waals surface area contributed by atoms with E-state index in [-0.39, 0.29) is 11.8 Å². The molecule has 0 bridgehead atoms.